The van der Waals surface area contributed by atoms with Crippen LogP contribution in [0.25, 0.3) is 0 Å². The lowest BCUT2D eigenvalue weighted by molar-refractivity contribution is 0.561. The van der Waals surface area contributed by atoms with Gasteiger partial charge >= 0.3 is 0 Å². The van der Waals surface area contributed by atoms with Crippen molar-refractivity contribution in [2.75, 3.05) is 17.2 Å². The molecular weight excluding hydrogens is 306 g/mol. The van der Waals surface area contributed by atoms with Crippen LogP contribution in [0.15, 0.2) is 23.1 Å². The van der Waals surface area contributed by atoms with Gasteiger partial charge in [-0.3, -0.25) is 4.21 Å². The summed E-state index contributed by atoms with van der Waals surface area (Å²) in [6, 6.07) is 4.84. The molecule has 0 fully saturated rings. The van der Waals surface area contributed by atoms with Crippen molar-refractivity contribution < 1.29 is 12.6 Å². The van der Waals surface area contributed by atoms with Gasteiger partial charge in [0, 0.05) is 11.4 Å². The van der Waals surface area contributed by atoms with E-state index < -0.39 is 25.4 Å². The van der Waals surface area contributed by atoms with Gasteiger partial charge in [0.2, 0.25) is 0 Å². The van der Waals surface area contributed by atoms with E-state index in [1.807, 2.05) is 0 Å². The topological polar surface area (TPSA) is 77.2 Å². The van der Waals surface area contributed by atoms with Crippen LogP contribution in [-0.2, 0) is 20.6 Å². The predicted molar refractivity (Wildman–Crippen MR) is 80.7 cm³/mol. The van der Waals surface area contributed by atoms with Crippen LogP contribution in [0, 0.1) is 0 Å². The van der Waals surface area contributed by atoms with Crippen molar-refractivity contribution in [2.45, 2.75) is 30.4 Å². The van der Waals surface area contributed by atoms with E-state index in [9.17, 15) is 12.6 Å². The summed E-state index contributed by atoms with van der Waals surface area (Å²) in [6.45, 7) is 4.86. The molecule has 0 radical (unpaired) electrons. The fourth-order valence-electron chi connectivity index (χ4n) is 1.36. The summed E-state index contributed by atoms with van der Waals surface area (Å²) < 4.78 is 35.2. The van der Waals surface area contributed by atoms with Crippen molar-refractivity contribution in [1.29, 1.82) is 0 Å². The van der Waals surface area contributed by atoms with Gasteiger partial charge in [0.05, 0.1) is 31.2 Å². The van der Waals surface area contributed by atoms with Crippen LogP contribution in [0.2, 0.25) is 5.02 Å². The van der Waals surface area contributed by atoms with Crippen LogP contribution < -0.4 is 5.73 Å². The predicted octanol–water partition coefficient (Wildman–Crippen LogP) is 2.24. The van der Waals surface area contributed by atoms with Crippen LogP contribution in [0.5, 0.6) is 0 Å². The number of benzene rings is 1. The molecule has 0 aromatic heterocycles. The standard InChI is InChI=1S/C12H18ClNO3S2/c1-12(2,3)19(16,17)8-7-18(15)11-9(13)5-4-6-10(11)14/h4-6H,7-8,14H2,1-3H3. The Morgan fingerprint density at radius 3 is 2.37 bits per heavy atom. The molecule has 108 valence electrons. The van der Waals surface area contributed by atoms with Gasteiger partial charge in [-0.2, -0.15) is 0 Å². The largest absolute Gasteiger partial charge is 0.398 e. The summed E-state index contributed by atoms with van der Waals surface area (Å²) in [5.74, 6) is -0.165. The van der Waals surface area contributed by atoms with Gasteiger partial charge in [0.1, 0.15) is 0 Å². The summed E-state index contributed by atoms with van der Waals surface area (Å²) in [5.41, 5.74) is 6.04. The van der Waals surface area contributed by atoms with Crippen molar-refractivity contribution >= 4 is 37.9 Å². The lowest BCUT2D eigenvalue weighted by Crippen LogP contribution is -2.32. The first-order valence-electron chi connectivity index (χ1n) is 5.71. The number of sulfone groups is 1. The van der Waals surface area contributed by atoms with Crippen molar-refractivity contribution in [1.82, 2.24) is 0 Å². The smallest absolute Gasteiger partial charge is 0.156 e. The molecule has 1 aromatic carbocycles. The minimum absolute atomic E-state index is 0.00641. The van der Waals surface area contributed by atoms with E-state index in [1.165, 1.54) is 0 Å². The Hall–Kier alpha value is -0.590. The average molecular weight is 324 g/mol. The van der Waals surface area contributed by atoms with Gasteiger partial charge in [-0.25, -0.2) is 8.42 Å². The van der Waals surface area contributed by atoms with Crippen LogP contribution >= 0.6 is 11.6 Å². The Kier molecular flexibility index (Phi) is 5.03. The molecule has 0 aliphatic rings. The molecule has 1 aromatic rings. The Morgan fingerprint density at radius 1 is 1.32 bits per heavy atom. The van der Waals surface area contributed by atoms with Gasteiger partial charge in [-0.05, 0) is 32.9 Å². The minimum atomic E-state index is -3.30. The molecule has 1 rings (SSSR count). The van der Waals surface area contributed by atoms with Gasteiger partial charge in [0.25, 0.3) is 0 Å². The Morgan fingerprint density at radius 2 is 1.89 bits per heavy atom. The Balaban J connectivity index is 2.89. The molecule has 0 bridgehead atoms. The number of nitrogen functional groups attached to an aromatic ring is 1. The SMILES string of the molecule is CC(C)(C)S(=O)(=O)CCS(=O)c1c(N)cccc1Cl. The highest BCUT2D eigenvalue weighted by Crippen LogP contribution is 2.26. The third-order valence-electron chi connectivity index (χ3n) is 2.70. The van der Waals surface area contributed by atoms with E-state index in [-0.39, 0.29) is 11.5 Å². The van der Waals surface area contributed by atoms with Gasteiger partial charge in [-0.15, -0.1) is 0 Å². The molecule has 2 N–H and O–H groups in total. The lowest BCUT2D eigenvalue weighted by atomic mass is 10.3. The minimum Gasteiger partial charge on any atom is -0.398 e. The summed E-state index contributed by atoms with van der Waals surface area (Å²) in [4.78, 5) is 0.313. The van der Waals surface area contributed by atoms with Crippen LogP contribution in [0.4, 0.5) is 5.69 Å². The molecule has 0 heterocycles. The highest BCUT2D eigenvalue weighted by atomic mass is 35.5. The molecule has 1 unspecified atom stereocenters. The first-order valence-corrected chi connectivity index (χ1v) is 9.06. The zero-order valence-corrected chi connectivity index (χ0v) is 13.5. The first-order chi connectivity index (χ1) is 8.56. The van der Waals surface area contributed by atoms with E-state index >= 15 is 0 Å². The number of halogens is 1. The van der Waals surface area contributed by atoms with Crippen LogP contribution in [0.1, 0.15) is 20.8 Å². The molecule has 19 heavy (non-hydrogen) atoms. The van der Waals surface area contributed by atoms with Crippen molar-refractivity contribution in [2.24, 2.45) is 0 Å². The normalized spacial score (nSPS) is 14.3. The van der Waals surface area contributed by atoms with Crippen LogP contribution in [0.3, 0.4) is 0 Å². The number of anilines is 1. The third kappa shape index (κ3) is 3.94. The second-order valence-electron chi connectivity index (χ2n) is 5.14. The fourth-order valence-corrected chi connectivity index (χ4v) is 4.72. The summed E-state index contributed by atoms with van der Waals surface area (Å²) in [7, 11) is -4.83. The van der Waals surface area contributed by atoms with E-state index in [4.69, 9.17) is 17.3 Å². The maximum Gasteiger partial charge on any atom is 0.156 e. The second-order valence-corrected chi connectivity index (χ2v) is 9.92. The zero-order chi connectivity index (χ0) is 14.8. The van der Waals surface area contributed by atoms with Crippen molar-refractivity contribution in [3.63, 3.8) is 0 Å². The molecule has 7 heteroatoms. The van der Waals surface area contributed by atoms with E-state index in [0.29, 0.717) is 15.6 Å². The van der Waals surface area contributed by atoms with E-state index in [2.05, 4.69) is 0 Å². The highest BCUT2D eigenvalue weighted by molar-refractivity contribution is 7.94. The van der Waals surface area contributed by atoms with E-state index in [1.54, 1.807) is 39.0 Å². The zero-order valence-electron chi connectivity index (χ0n) is 11.1. The molecule has 4 nitrogen and oxygen atoms in total. The third-order valence-corrected chi connectivity index (χ3v) is 7.47. The number of hydrogen-bond donors (Lipinski definition) is 1. The maximum atomic E-state index is 12.1. The molecule has 0 saturated carbocycles. The van der Waals surface area contributed by atoms with Crippen molar-refractivity contribution in [3.8, 4) is 0 Å². The molecule has 0 amide bonds. The molecule has 0 aliphatic heterocycles. The van der Waals surface area contributed by atoms with Crippen LogP contribution in [-0.4, -0.2) is 28.9 Å². The number of nitrogens with two attached hydrogens (primary N) is 1. The number of rotatable bonds is 4. The van der Waals surface area contributed by atoms with E-state index in [0.717, 1.165) is 0 Å². The Bertz CT molecular complexity index is 571. The van der Waals surface area contributed by atoms with Gasteiger partial charge < -0.3 is 5.73 Å². The fraction of sp³-hybridized carbons (Fsp3) is 0.500. The second kappa shape index (κ2) is 5.81. The lowest BCUT2D eigenvalue weighted by Gasteiger charge is -2.19. The quantitative estimate of drug-likeness (QED) is 0.862. The first kappa shape index (κ1) is 16.5. The molecular formula is C12H18ClNO3S2. The summed E-state index contributed by atoms with van der Waals surface area (Å²) in [5, 5.41) is 0.298. The average Bonchev–Trinajstić information content (AvgIpc) is 2.24. The highest BCUT2D eigenvalue weighted by Gasteiger charge is 2.29. The van der Waals surface area contributed by atoms with Gasteiger partial charge in [0.15, 0.2) is 9.84 Å². The molecule has 1 atom stereocenters. The van der Waals surface area contributed by atoms with Crippen molar-refractivity contribution in [3.05, 3.63) is 23.2 Å². The number of hydrogen-bond acceptors (Lipinski definition) is 4. The summed E-state index contributed by atoms with van der Waals surface area (Å²) >= 11 is 5.94. The summed E-state index contributed by atoms with van der Waals surface area (Å²) in [6.07, 6.45) is 0. The van der Waals surface area contributed by atoms with Gasteiger partial charge in [-0.1, -0.05) is 17.7 Å². The molecule has 0 saturated heterocycles. The Labute approximate surface area is 121 Å². The maximum absolute atomic E-state index is 12.1. The molecule has 0 spiro atoms. The molecule has 0 aliphatic carbocycles. The monoisotopic (exact) mass is 323 g/mol.